The molecule has 0 radical (unpaired) electrons. The summed E-state index contributed by atoms with van der Waals surface area (Å²) in [6.45, 7) is 2.63. The van der Waals surface area contributed by atoms with E-state index in [-0.39, 0.29) is 6.04 Å². The van der Waals surface area contributed by atoms with Crippen LogP contribution in [0.1, 0.15) is 19.4 Å². The van der Waals surface area contributed by atoms with Crippen LogP contribution in [0.15, 0.2) is 24.4 Å². The first-order chi connectivity index (χ1) is 13.2. The Morgan fingerprint density at radius 1 is 0.963 bits per heavy atom. The standard InChI is InChI=1S/C19H24N4O4/c1-6-12(11-24-2)23-17-16(22-19(23)27-5)13(9-10-20-17)14-7-8-15(25-3)21-18(14)26-4/h7-10,12H,6,11H2,1-5H3. The van der Waals surface area contributed by atoms with E-state index < -0.39 is 0 Å². The average Bonchev–Trinajstić information content (AvgIpc) is 3.10. The van der Waals surface area contributed by atoms with E-state index in [0.717, 1.165) is 23.2 Å². The van der Waals surface area contributed by atoms with E-state index in [1.807, 2.05) is 16.7 Å². The Morgan fingerprint density at radius 3 is 2.41 bits per heavy atom. The largest absolute Gasteiger partial charge is 0.481 e. The Hall–Kier alpha value is -2.87. The van der Waals surface area contributed by atoms with E-state index >= 15 is 0 Å². The molecule has 0 bridgehead atoms. The summed E-state index contributed by atoms with van der Waals surface area (Å²) in [5.74, 6) is 0.939. The fraction of sp³-hybridized carbons (Fsp3) is 0.421. The van der Waals surface area contributed by atoms with Crippen molar-refractivity contribution in [1.29, 1.82) is 0 Å². The normalized spacial score (nSPS) is 12.2. The lowest BCUT2D eigenvalue weighted by Crippen LogP contribution is -2.15. The van der Waals surface area contributed by atoms with Crippen molar-refractivity contribution in [2.45, 2.75) is 19.4 Å². The lowest BCUT2D eigenvalue weighted by atomic mass is 10.1. The number of aromatic nitrogens is 4. The van der Waals surface area contributed by atoms with Crippen LogP contribution in [0.3, 0.4) is 0 Å². The van der Waals surface area contributed by atoms with Crippen LogP contribution in [0.2, 0.25) is 0 Å². The van der Waals surface area contributed by atoms with Gasteiger partial charge < -0.3 is 18.9 Å². The minimum atomic E-state index is 0.0635. The van der Waals surface area contributed by atoms with Crippen LogP contribution < -0.4 is 14.2 Å². The molecule has 0 aliphatic heterocycles. The number of imidazole rings is 1. The van der Waals surface area contributed by atoms with Crippen LogP contribution in [0.4, 0.5) is 0 Å². The van der Waals surface area contributed by atoms with Gasteiger partial charge in [-0.15, -0.1) is 0 Å². The van der Waals surface area contributed by atoms with Gasteiger partial charge in [0.15, 0.2) is 5.65 Å². The van der Waals surface area contributed by atoms with E-state index in [1.54, 1.807) is 40.7 Å². The number of ether oxygens (including phenoxy) is 4. The topological polar surface area (TPSA) is 80.5 Å². The van der Waals surface area contributed by atoms with Gasteiger partial charge in [0, 0.05) is 30.5 Å². The van der Waals surface area contributed by atoms with Crippen LogP contribution >= 0.6 is 0 Å². The Labute approximate surface area is 158 Å². The highest BCUT2D eigenvalue weighted by Crippen LogP contribution is 2.36. The van der Waals surface area contributed by atoms with Crippen LogP contribution in [0.5, 0.6) is 17.8 Å². The van der Waals surface area contributed by atoms with Crippen molar-refractivity contribution in [2.75, 3.05) is 35.0 Å². The smallest absolute Gasteiger partial charge is 0.298 e. The zero-order valence-electron chi connectivity index (χ0n) is 16.2. The summed E-state index contributed by atoms with van der Waals surface area (Å²) >= 11 is 0. The summed E-state index contributed by atoms with van der Waals surface area (Å²) in [4.78, 5) is 13.6. The van der Waals surface area contributed by atoms with E-state index in [0.29, 0.717) is 29.9 Å². The molecule has 3 heterocycles. The predicted molar refractivity (Wildman–Crippen MR) is 102 cm³/mol. The first-order valence-corrected chi connectivity index (χ1v) is 8.67. The van der Waals surface area contributed by atoms with Gasteiger partial charge >= 0.3 is 0 Å². The molecule has 0 N–H and O–H groups in total. The van der Waals surface area contributed by atoms with Gasteiger partial charge in [0.1, 0.15) is 5.52 Å². The molecular formula is C19H24N4O4. The summed E-state index contributed by atoms with van der Waals surface area (Å²) < 4.78 is 23.5. The maximum absolute atomic E-state index is 5.53. The molecule has 8 nitrogen and oxygen atoms in total. The molecule has 0 saturated carbocycles. The highest BCUT2D eigenvalue weighted by Gasteiger charge is 2.23. The molecular weight excluding hydrogens is 348 g/mol. The maximum atomic E-state index is 5.53. The Kier molecular flexibility index (Phi) is 5.75. The summed E-state index contributed by atoms with van der Waals surface area (Å²) in [6, 6.07) is 6.14. The minimum absolute atomic E-state index is 0.0635. The molecule has 0 saturated heterocycles. The molecule has 3 aromatic rings. The van der Waals surface area contributed by atoms with Crippen molar-refractivity contribution in [3.05, 3.63) is 24.4 Å². The molecule has 8 heteroatoms. The second kappa shape index (κ2) is 8.22. The number of rotatable bonds is 8. The van der Waals surface area contributed by atoms with Crippen molar-refractivity contribution in [3.63, 3.8) is 0 Å². The zero-order chi connectivity index (χ0) is 19.4. The number of hydrogen-bond donors (Lipinski definition) is 0. The molecule has 0 fully saturated rings. The Bertz CT molecular complexity index is 925. The van der Waals surface area contributed by atoms with Crippen LogP contribution in [0, 0.1) is 0 Å². The highest BCUT2D eigenvalue weighted by molar-refractivity contribution is 5.92. The third-order valence-corrected chi connectivity index (χ3v) is 4.45. The molecule has 3 rings (SSSR count). The van der Waals surface area contributed by atoms with Crippen LogP contribution in [0.25, 0.3) is 22.3 Å². The zero-order valence-corrected chi connectivity index (χ0v) is 16.2. The van der Waals surface area contributed by atoms with Crippen molar-refractivity contribution in [2.24, 2.45) is 0 Å². The molecule has 27 heavy (non-hydrogen) atoms. The van der Waals surface area contributed by atoms with Crippen molar-refractivity contribution in [3.8, 4) is 28.9 Å². The van der Waals surface area contributed by atoms with Gasteiger partial charge in [0.25, 0.3) is 6.01 Å². The van der Waals surface area contributed by atoms with Gasteiger partial charge in [0.2, 0.25) is 11.8 Å². The lowest BCUT2D eigenvalue weighted by molar-refractivity contribution is 0.149. The first kappa shape index (κ1) is 18.9. The van der Waals surface area contributed by atoms with Crippen LogP contribution in [-0.2, 0) is 4.74 Å². The van der Waals surface area contributed by atoms with E-state index in [2.05, 4.69) is 21.9 Å². The fourth-order valence-corrected chi connectivity index (χ4v) is 3.13. The van der Waals surface area contributed by atoms with Gasteiger partial charge in [-0.25, -0.2) is 4.98 Å². The summed E-state index contributed by atoms with van der Waals surface area (Å²) in [5, 5.41) is 0. The van der Waals surface area contributed by atoms with E-state index in [9.17, 15) is 0 Å². The number of fused-ring (bicyclic) bond motifs is 1. The second-order valence-electron chi connectivity index (χ2n) is 5.93. The molecule has 3 aromatic heterocycles. The number of pyridine rings is 2. The number of methoxy groups -OCH3 is 4. The van der Waals surface area contributed by atoms with E-state index in [4.69, 9.17) is 18.9 Å². The van der Waals surface area contributed by atoms with Gasteiger partial charge in [-0.1, -0.05) is 6.92 Å². The summed E-state index contributed by atoms with van der Waals surface area (Å²) in [7, 11) is 6.43. The number of hydrogen-bond acceptors (Lipinski definition) is 7. The predicted octanol–water partition coefficient (Wildman–Crippen LogP) is 3.12. The Balaban J connectivity index is 2.24. The second-order valence-corrected chi connectivity index (χ2v) is 5.93. The monoisotopic (exact) mass is 372 g/mol. The molecule has 0 aromatic carbocycles. The van der Waals surface area contributed by atoms with Crippen molar-refractivity contribution in [1.82, 2.24) is 19.5 Å². The molecule has 0 spiro atoms. The maximum Gasteiger partial charge on any atom is 0.298 e. The summed E-state index contributed by atoms with van der Waals surface area (Å²) in [5.41, 5.74) is 3.11. The molecule has 1 atom stereocenters. The summed E-state index contributed by atoms with van der Waals surface area (Å²) in [6.07, 6.45) is 2.60. The molecule has 0 aliphatic carbocycles. The minimum Gasteiger partial charge on any atom is -0.481 e. The average molecular weight is 372 g/mol. The first-order valence-electron chi connectivity index (χ1n) is 8.67. The number of nitrogens with zero attached hydrogens (tertiary/aromatic N) is 4. The van der Waals surface area contributed by atoms with Gasteiger partial charge in [0.05, 0.1) is 34.0 Å². The molecule has 0 amide bonds. The lowest BCUT2D eigenvalue weighted by Gasteiger charge is -2.18. The molecule has 144 valence electrons. The SMILES string of the molecule is CCC(COC)n1c(OC)nc2c(-c3ccc(OC)nc3OC)ccnc21. The quantitative estimate of drug-likeness (QED) is 0.601. The van der Waals surface area contributed by atoms with Gasteiger partial charge in [-0.05, 0) is 18.6 Å². The van der Waals surface area contributed by atoms with Crippen molar-refractivity contribution >= 4 is 11.2 Å². The third kappa shape index (κ3) is 3.40. The van der Waals surface area contributed by atoms with Gasteiger partial charge in [-0.3, -0.25) is 4.57 Å². The van der Waals surface area contributed by atoms with Gasteiger partial charge in [-0.2, -0.15) is 9.97 Å². The van der Waals surface area contributed by atoms with E-state index in [1.165, 1.54) is 0 Å². The Morgan fingerprint density at radius 2 is 1.78 bits per heavy atom. The van der Waals surface area contributed by atoms with Crippen LogP contribution in [-0.4, -0.2) is 54.6 Å². The van der Waals surface area contributed by atoms with Crippen molar-refractivity contribution < 1.29 is 18.9 Å². The molecule has 0 aliphatic rings. The molecule has 1 unspecified atom stereocenters. The highest BCUT2D eigenvalue weighted by atomic mass is 16.5. The fourth-order valence-electron chi connectivity index (χ4n) is 3.13. The third-order valence-electron chi connectivity index (χ3n) is 4.45.